The molecule has 31 heavy (non-hydrogen) atoms. The number of aliphatic hydroxyl groups excluding tert-OH is 2. The molecule has 4 aliphatic rings. The summed E-state index contributed by atoms with van der Waals surface area (Å²) in [6.07, 6.45) is 14.1. The van der Waals surface area contributed by atoms with Crippen molar-refractivity contribution in [2.24, 2.45) is 47.3 Å². The second kappa shape index (κ2) is 14.9. The van der Waals surface area contributed by atoms with E-state index in [1.807, 2.05) is 0 Å². The van der Waals surface area contributed by atoms with Crippen LogP contribution in [0.1, 0.15) is 126 Å². The monoisotopic (exact) mass is 438 g/mol. The molecule has 0 atom stereocenters. The average Bonchev–Trinajstić information content (AvgIpc) is 3.44. The molecule has 0 bridgehead atoms. The van der Waals surface area contributed by atoms with Crippen LogP contribution < -0.4 is 0 Å². The molecule has 0 spiro atoms. The van der Waals surface area contributed by atoms with Crippen LogP contribution in [0.15, 0.2) is 0 Å². The van der Waals surface area contributed by atoms with Crippen LogP contribution in [0.3, 0.4) is 0 Å². The summed E-state index contributed by atoms with van der Waals surface area (Å²) in [6, 6.07) is 0. The zero-order chi connectivity index (χ0) is 23.6. The largest absolute Gasteiger partial charge is 0.393 e. The second-order valence-electron chi connectivity index (χ2n) is 12.5. The van der Waals surface area contributed by atoms with Gasteiger partial charge in [-0.25, -0.2) is 0 Å². The van der Waals surface area contributed by atoms with Crippen LogP contribution in [0, 0.1) is 47.3 Å². The molecule has 0 unspecified atom stereocenters. The third-order valence-corrected chi connectivity index (χ3v) is 8.43. The van der Waals surface area contributed by atoms with Gasteiger partial charge in [-0.05, 0) is 98.7 Å². The van der Waals surface area contributed by atoms with E-state index < -0.39 is 0 Å². The van der Waals surface area contributed by atoms with Crippen LogP contribution in [0.4, 0.5) is 0 Å². The summed E-state index contributed by atoms with van der Waals surface area (Å²) >= 11 is 0. The highest BCUT2D eigenvalue weighted by molar-refractivity contribution is 4.80. The van der Waals surface area contributed by atoms with Gasteiger partial charge >= 0.3 is 0 Å². The molecule has 0 amide bonds. The Bertz CT molecular complexity index is 420. The van der Waals surface area contributed by atoms with Crippen molar-refractivity contribution in [3.63, 3.8) is 0 Å². The lowest BCUT2D eigenvalue weighted by Crippen LogP contribution is -2.31. The fourth-order valence-corrected chi connectivity index (χ4v) is 4.81. The summed E-state index contributed by atoms with van der Waals surface area (Å²) in [4.78, 5) is 0. The van der Waals surface area contributed by atoms with Crippen LogP contribution in [-0.2, 0) is 0 Å². The first kappa shape index (κ1) is 29.0. The minimum Gasteiger partial charge on any atom is -0.393 e. The summed E-state index contributed by atoms with van der Waals surface area (Å²) in [5, 5.41) is 18.1. The van der Waals surface area contributed by atoms with E-state index in [4.69, 9.17) is 5.11 Å². The molecule has 2 nitrogen and oxygen atoms in total. The summed E-state index contributed by atoms with van der Waals surface area (Å²) in [5.41, 5.74) is 0. The molecule has 0 heterocycles. The zero-order valence-corrected chi connectivity index (χ0v) is 22.4. The molecule has 0 saturated heterocycles. The molecule has 4 saturated carbocycles. The van der Waals surface area contributed by atoms with Gasteiger partial charge in [0, 0.05) is 0 Å². The van der Waals surface area contributed by atoms with Gasteiger partial charge in [-0.15, -0.1) is 0 Å². The molecular weight excluding hydrogens is 380 g/mol. The quantitative estimate of drug-likeness (QED) is 0.465. The molecule has 0 aliphatic heterocycles. The van der Waals surface area contributed by atoms with Crippen LogP contribution in [0.5, 0.6) is 0 Å². The SMILES string of the molecule is CC(C)C1CC(O)C1.CC(C)C1CC1.CC(C)C1CCC(O)CC1.CC(C)C1CCC1. The van der Waals surface area contributed by atoms with Crippen molar-refractivity contribution in [2.75, 3.05) is 0 Å². The van der Waals surface area contributed by atoms with Crippen molar-refractivity contribution in [2.45, 2.75) is 138 Å². The normalized spacial score (nSPS) is 30.4. The third-order valence-electron chi connectivity index (χ3n) is 8.43. The Kier molecular flexibility index (Phi) is 14.0. The van der Waals surface area contributed by atoms with E-state index in [9.17, 15) is 5.11 Å². The van der Waals surface area contributed by atoms with Gasteiger partial charge in [0.25, 0.3) is 0 Å². The smallest absolute Gasteiger partial charge is 0.0545 e. The van der Waals surface area contributed by atoms with Gasteiger partial charge in [-0.3, -0.25) is 0 Å². The van der Waals surface area contributed by atoms with Crippen LogP contribution >= 0.6 is 0 Å². The Hall–Kier alpha value is -0.0800. The molecule has 2 N–H and O–H groups in total. The lowest BCUT2D eigenvalue weighted by Gasteiger charge is -2.34. The molecule has 0 radical (unpaired) electrons. The van der Waals surface area contributed by atoms with Gasteiger partial charge in [0.15, 0.2) is 0 Å². The highest BCUT2D eigenvalue weighted by Gasteiger charge is 2.29. The van der Waals surface area contributed by atoms with Crippen molar-refractivity contribution in [1.82, 2.24) is 0 Å². The summed E-state index contributed by atoms with van der Waals surface area (Å²) in [5.74, 6) is 7.38. The predicted molar refractivity (Wildman–Crippen MR) is 136 cm³/mol. The minimum absolute atomic E-state index is 0.00926. The second-order valence-corrected chi connectivity index (χ2v) is 12.5. The number of aliphatic hydroxyl groups is 2. The summed E-state index contributed by atoms with van der Waals surface area (Å²) in [6.45, 7) is 18.3. The van der Waals surface area contributed by atoms with Crippen LogP contribution in [0.2, 0.25) is 0 Å². The Morgan fingerprint density at radius 3 is 0.903 bits per heavy atom. The molecule has 186 valence electrons. The Morgan fingerprint density at radius 1 is 0.419 bits per heavy atom. The average molecular weight is 439 g/mol. The van der Waals surface area contributed by atoms with Gasteiger partial charge < -0.3 is 10.2 Å². The number of hydrogen-bond acceptors (Lipinski definition) is 2. The minimum atomic E-state index is 0.00926. The van der Waals surface area contributed by atoms with E-state index in [1.54, 1.807) is 0 Å². The Morgan fingerprint density at radius 2 is 0.742 bits per heavy atom. The van der Waals surface area contributed by atoms with Crippen molar-refractivity contribution >= 4 is 0 Å². The fourth-order valence-electron chi connectivity index (χ4n) is 4.81. The van der Waals surface area contributed by atoms with Gasteiger partial charge in [0.05, 0.1) is 12.2 Å². The molecule has 4 aliphatic carbocycles. The van der Waals surface area contributed by atoms with E-state index >= 15 is 0 Å². The highest BCUT2D eigenvalue weighted by atomic mass is 16.3. The number of rotatable bonds is 4. The first-order valence-corrected chi connectivity index (χ1v) is 13.9. The lowest BCUT2D eigenvalue weighted by molar-refractivity contribution is 0.0218. The van der Waals surface area contributed by atoms with E-state index in [1.165, 1.54) is 44.9 Å². The van der Waals surface area contributed by atoms with E-state index in [0.29, 0.717) is 0 Å². The van der Waals surface area contributed by atoms with Crippen molar-refractivity contribution in [1.29, 1.82) is 0 Å². The first-order chi connectivity index (χ1) is 14.5. The van der Waals surface area contributed by atoms with Gasteiger partial charge in [-0.2, -0.15) is 0 Å². The van der Waals surface area contributed by atoms with Gasteiger partial charge in [-0.1, -0.05) is 74.7 Å². The molecule has 4 rings (SSSR count). The van der Waals surface area contributed by atoms with Gasteiger partial charge in [0.2, 0.25) is 0 Å². The number of hydrogen-bond donors (Lipinski definition) is 2. The van der Waals surface area contributed by atoms with Crippen molar-refractivity contribution in [3.8, 4) is 0 Å². The summed E-state index contributed by atoms with van der Waals surface area (Å²) < 4.78 is 0. The lowest BCUT2D eigenvalue weighted by atomic mass is 9.75. The molecule has 0 aromatic carbocycles. The van der Waals surface area contributed by atoms with E-state index in [2.05, 4.69) is 55.4 Å². The molecule has 0 aromatic rings. The topological polar surface area (TPSA) is 40.5 Å². The van der Waals surface area contributed by atoms with E-state index in [0.717, 1.165) is 73.0 Å². The third kappa shape index (κ3) is 12.7. The first-order valence-electron chi connectivity index (χ1n) is 13.9. The highest BCUT2D eigenvalue weighted by Crippen LogP contribution is 2.36. The van der Waals surface area contributed by atoms with Crippen molar-refractivity contribution in [3.05, 3.63) is 0 Å². The maximum absolute atomic E-state index is 9.21. The molecule has 2 heteroatoms. The predicted octanol–water partition coefficient (Wildman–Crippen LogP) is 8.10. The molecule has 4 fully saturated rings. The zero-order valence-electron chi connectivity index (χ0n) is 22.4. The molecule has 0 aromatic heterocycles. The van der Waals surface area contributed by atoms with Crippen LogP contribution in [-0.4, -0.2) is 22.4 Å². The maximum Gasteiger partial charge on any atom is 0.0545 e. The van der Waals surface area contributed by atoms with E-state index in [-0.39, 0.29) is 12.2 Å². The molecular formula is C29H58O2. The fraction of sp³-hybridized carbons (Fsp3) is 1.00. The summed E-state index contributed by atoms with van der Waals surface area (Å²) in [7, 11) is 0. The standard InChI is InChI=1S/C9H18O.C7H14O.C7H14.C6H12/c1-7(2)8-3-5-9(10)6-4-8;1-5(2)6-3-7(8)4-6;1-6(2)7-4-3-5-7;1-5(2)6-3-4-6/h7-10H,3-6H2,1-2H3;5-8H,3-4H2,1-2H3;6-7H,3-5H2,1-2H3;5-6H,3-4H2,1-2H3. The Labute approximate surface area is 196 Å². The van der Waals surface area contributed by atoms with Gasteiger partial charge in [0.1, 0.15) is 0 Å². The Balaban J connectivity index is 0.000000210. The van der Waals surface area contributed by atoms with Crippen molar-refractivity contribution < 1.29 is 10.2 Å². The van der Waals surface area contributed by atoms with Crippen LogP contribution in [0.25, 0.3) is 0 Å². The maximum atomic E-state index is 9.21.